The van der Waals surface area contributed by atoms with Crippen molar-refractivity contribution in [1.29, 1.82) is 0 Å². The second-order valence-electron chi connectivity index (χ2n) is 8.71. The lowest BCUT2D eigenvalue weighted by Crippen LogP contribution is -2.22. The van der Waals surface area contributed by atoms with Gasteiger partial charge in [-0.3, -0.25) is 0 Å². The third-order valence-electron chi connectivity index (χ3n) is 6.44. The predicted octanol–water partition coefficient (Wildman–Crippen LogP) is 8.43. The molecule has 4 heteroatoms. The van der Waals surface area contributed by atoms with Gasteiger partial charge in [0.1, 0.15) is 7.21 Å². The average Bonchev–Trinajstić information content (AvgIpc) is 3.31. The molecule has 0 aliphatic carbocycles. The van der Waals surface area contributed by atoms with Gasteiger partial charge < -0.3 is 0 Å². The Morgan fingerprint density at radius 1 is 0.556 bits per heavy atom. The van der Waals surface area contributed by atoms with Gasteiger partial charge in [0.25, 0.3) is 0 Å². The summed E-state index contributed by atoms with van der Waals surface area (Å²) in [5.74, 6) is 0. The summed E-state index contributed by atoms with van der Waals surface area (Å²) in [4.78, 5) is 0. The number of anilines is 1. The van der Waals surface area contributed by atoms with Crippen LogP contribution in [0.2, 0.25) is 0 Å². The molecule has 0 amide bonds. The summed E-state index contributed by atoms with van der Waals surface area (Å²) in [5, 5.41) is 6.61. The maximum Gasteiger partial charge on any atom is 0.123 e. The van der Waals surface area contributed by atoms with E-state index in [0.717, 1.165) is 22.6 Å². The summed E-state index contributed by atoms with van der Waals surface area (Å²) in [5.41, 5.74) is 5.34. The summed E-state index contributed by atoms with van der Waals surface area (Å²) >= 11 is 0. The normalized spacial score (nSPS) is 19.1. The van der Waals surface area contributed by atoms with Crippen LogP contribution in [0.3, 0.4) is 0 Å². The molecule has 1 aliphatic heterocycles. The van der Waals surface area contributed by atoms with E-state index in [9.17, 15) is 0 Å². The van der Waals surface area contributed by atoms with E-state index in [1.807, 2.05) is 12.1 Å². The van der Waals surface area contributed by atoms with Gasteiger partial charge in [-0.25, -0.2) is 9.52 Å². The van der Waals surface area contributed by atoms with E-state index in [0.29, 0.717) is 0 Å². The smallest absolute Gasteiger partial charge is 0.123 e. The Morgan fingerprint density at radius 3 is 1.67 bits per heavy atom. The molecular weight excluding hydrogens is 457 g/mol. The summed E-state index contributed by atoms with van der Waals surface area (Å²) in [6.45, 7) is 0. The average molecular weight is 484 g/mol. The number of para-hydroxylation sites is 1. The first-order valence-electron chi connectivity index (χ1n) is 12.1. The molecule has 6 rings (SSSR count). The third-order valence-corrected chi connectivity index (χ3v) is 10.2. The topological polar surface area (TPSA) is 28.0 Å². The molecule has 1 heterocycles. The zero-order chi connectivity index (χ0) is 24.2. The molecule has 0 N–H and O–H groups in total. The number of nitrogens with zero attached hydrogens (tertiary/aromatic N) is 3. The maximum atomic E-state index is 5.67. The fourth-order valence-corrected chi connectivity index (χ4v) is 8.86. The SMILES string of the molecule is c1ccc(N=[P@]2(c3ccccc3)[C@H](c3ccccc3)C(c3ccccc3)=NN2c2ccccc2)cc1. The van der Waals surface area contributed by atoms with Crippen molar-refractivity contribution in [3.05, 3.63) is 163 Å². The lowest BCUT2D eigenvalue weighted by Gasteiger charge is -2.35. The molecule has 0 saturated carbocycles. The molecule has 5 aromatic rings. The standard InChI is InChI=1S/C32H26N3P/c1-6-16-26(17-7-1)31-32(27-18-8-2-9-19-27)36(30-24-14-5-15-25-30,34-28-20-10-3-11-21-28)35(33-31)29-22-12-4-13-23-29/h1-25,32H/t32-,36+/m1/s1. The van der Waals surface area contributed by atoms with Crippen molar-refractivity contribution >= 4 is 29.6 Å². The van der Waals surface area contributed by atoms with Crippen molar-refractivity contribution in [1.82, 2.24) is 0 Å². The van der Waals surface area contributed by atoms with E-state index in [-0.39, 0.29) is 5.66 Å². The van der Waals surface area contributed by atoms with Crippen LogP contribution in [0.25, 0.3) is 0 Å². The van der Waals surface area contributed by atoms with Crippen LogP contribution < -0.4 is 10.1 Å². The van der Waals surface area contributed by atoms with Crippen molar-refractivity contribution in [3.8, 4) is 0 Å². The van der Waals surface area contributed by atoms with Crippen LogP contribution in [0, 0.1) is 0 Å². The Kier molecular flexibility index (Phi) is 6.07. The molecule has 2 atom stereocenters. The highest BCUT2D eigenvalue weighted by Gasteiger charge is 2.48. The minimum Gasteiger partial charge on any atom is -0.239 e. The molecule has 36 heavy (non-hydrogen) atoms. The fourth-order valence-electron chi connectivity index (χ4n) is 4.86. The van der Waals surface area contributed by atoms with Gasteiger partial charge in [-0.1, -0.05) is 127 Å². The first kappa shape index (κ1) is 22.3. The van der Waals surface area contributed by atoms with E-state index >= 15 is 0 Å². The van der Waals surface area contributed by atoms with E-state index < -0.39 is 7.21 Å². The third kappa shape index (κ3) is 3.98. The molecule has 0 spiro atoms. The molecule has 0 saturated heterocycles. The Labute approximate surface area is 212 Å². The van der Waals surface area contributed by atoms with Crippen molar-refractivity contribution in [2.45, 2.75) is 5.66 Å². The quantitative estimate of drug-likeness (QED) is 0.231. The highest BCUT2D eigenvalue weighted by Crippen LogP contribution is 2.70. The van der Waals surface area contributed by atoms with E-state index in [1.54, 1.807) is 0 Å². The van der Waals surface area contributed by atoms with Crippen LogP contribution in [0.5, 0.6) is 0 Å². The van der Waals surface area contributed by atoms with E-state index in [2.05, 4.69) is 144 Å². The van der Waals surface area contributed by atoms with Crippen molar-refractivity contribution in [2.24, 2.45) is 9.85 Å². The van der Waals surface area contributed by atoms with Crippen LogP contribution in [0.15, 0.2) is 162 Å². The van der Waals surface area contributed by atoms with Crippen molar-refractivity contribution in [3.63, 3.8) is 0 Å². The molecule has 0 radical (unpaired) electrons. The number of hydrogen-bond acceptors (Lipinski definition) is 2. The van der Waals surface area contributed by atoms with Gasteiger partial charge in [0.15, 0.2) is 0 Å². The van der Waals surface area contributed by atoms with E-state index in [1.165, 1.54) is 10.9 Å². The molecule has 0 bridgehead atoms. The van der Waals surface area contributed by atoms with Crippen LogP contribution >= 0.6 is 7.21 Å². The van der Waals surface area contributed by atoms with Crippen LogP contribution in [-0.2, 0) is 0 Å². The molecule has 3 nitrogen and oxygen atoms in total. The van der Waals surface area contributed by atoms with Crippen LogP contribution in [0.1, 0.15) is 16.8 Å². The Bertz CT molecular complexity index is 1520. The Hall–Kier alpha value is -4.20. The Balaban J connectivity index is 1.74. The maximum absolute atomic E-state index is 5.67. The summed E-state index contributed by atoms with van der Waals surface area (Å²) < 4.78 is 7.91. The molecule has 0 aromatic heterocycles. The largest absolute Gasteiger partial charge is 0.239 e. The minimum absolute atomic E-state index is 0.0380. The molecule has 174 valence electrons. The summed E-state index contributed by atoms with van der Waals surface area (Å²) in [6, 6.07) is 52.8. The number of hydrogen-bond donors (Lipinski definition) is 0. The van der Waals surface area contributed by atoms with Gasteiger partial charge in [-0.2, -0.15) is 5.10 Å². The fraction of sp³-hybridized carbons (Fsp3) is 0.0312. The van der Waals surface area contributed by atoms with Gasteiger partial charge in [0.05, 0.1) is 22.7 Å². The number of benzene rings is 5. The molecule has 5 aromatic carbocycles. The predicted molar refractivity (Wildman–Crippen MR) is 153 cm³/mol. The first-order chi connectivity index (χ1) is 17.9. The highest BCUT2D eigenvalue weighted by atomic mass is 31.2. The molecule has 1 aliphatic rings. The number of rotatable bonds is 5. The Morgan fingerprint density at radius 2 is 1.06 bits per heavy atom. The lowest BCUT2D eigenvalue weighted by molar-refractivity contribution is 1.20. The number of hydrazone groups is 1. The van der Waals surface area contributed by atoms with Gasteiger partial charge in [0.2, 0.25) is 0 Å². The summed E-state index contributed by atoms with van der Waals surface area (Å²) in [6.07, 6.45) is 0. The molecular formula is C32H26N3P. The zero-order valence-corrected chi connectivity index (χ0v) is 20.7. The van der Waals surface area contributed by atoms with Crippen LogP contribution in [0.4, 0.5) is 11.4 Å². The highest BCUT2D eigenvalue weighted by molar-refractivity contribution is 7.77. The zero-order valence-electron chi connectivity index (χ0n) is 19.8. The molecule has 0 fully saturated rings. The van der Waals surface area contributed by atoms with E-state index in [4.69, 9.17) is 9.85 Å². The second-order valence-corrected chi connectivity index (χ2v) is 11.6. The van der Waals surface area contributed by atoms with Crippen molar-refractivity contribution < 1.29 is 0 Å². The van der Waals surface area contributed by atoms with Crippen LogP contribution in [-0.4, -0.2) is 5.71 Å². The first-order valence-corrected chi connectivity index (χ1v) is 13.9. The van der Waals surface area contributed by atoms with Gasteiger partial charge in [-0.15, -0.1) is 0 Å². The monoisotopic (exact) mass is 483 g/mol. The summed E-state index contributed by atoms with van der Waals surface area (Å²) in [7, 11) is -2.55. The minimum atomic E-state index is -2.55. The van der Waals surface area contributed by atoms with Crippen molar-refractivity contribution in [2.75, 3.05) is 4.78 Å². The lowest BCUT2D eigenvalue weighted by atomic mass is 10.0. The van der Waals surface area contributed by atoms with Gasteiger partial charge in [0, 0.05) is 5.30 Å². The second kappa shape index (κ2) is 9.81. The van der Waals surface area contributed by atoms with Gasteiger partial charge in [-0.05, 0) is 35.4 Å². The molecule has 0 unspecified atom stereocenters. The van der Waals surface area contributed by atoms with Gasteiger partial charge >= 0.3 is 0 Å².